The Bertz CT molecular complexity index is 1110. The summed E-state index contributed by atoms with van der Waals surface area (Å²) >= 11 is 0. The molecule has 1 fully saturated rings. The van der Waals surface area contributed by atoms with E-state index in [1.54, 1.807) is 0 Å². The molecule has 174 valence electrons. The number of fused-ring (bicyclic) bond motifs is 1. The Balaban J connectivity index is 1.15. The van der Waals surface area contributed by atoms with Gasteiger partial charge in [0.25, 0.3) is 0 Å². The molecular weight excluding hydrogens is 414 g/mol. The molecule has 1 saturated heterocycles. The zero-order valence-corrected chi connectivity index (χ0v) is 19.5. The Labute approximate surface area is 195 Å². The third kappa shape index (κ3) is 6.00. The molecule has 33 heavy (non-hydrogen) atoms. The largest absolute Gasteiger partial charge is 0.361 e. The Morgan fingerprint density at radius 1 is 0.909 bits per heavy atom. The molecule has 1 aliphatic heterocycles. The van der Waals surface area contributed by atoms with Crippen LogP contribution in [0.25, 0.3) is 10.9 Å². The Kier molecular flexibility index (Phi) is 7.42. The number of carbonyl (C=O) groups excluding carboxylic acids is 2. The van der Waals surface area contributed by atoms with E-state index in [-0.39, 0.29) is 11.8 Å². The van der Waals surface area contributed by atoms with E-state index in [1.807, 2.05) is 50.4 Å². The van der Waals surface area contributed by atoms with E-state index in [2.05, 4.69) is 37.6 Å². The molecule has 3 aromatic rings. The first kappa shape index (κ1) is 23.0. The quantitative estimate of drug-likeness (QED) is 0.496. The van der Waals surface area contributed by atoms with Crippen LogP contribution in [0.3, 0.4) is 0 Å². The maximum atomic E-state index is 12.5. The van der Waals surface area contributed by atoms with Crippen molar-refractivity contribution in [2.24, 2.45) is 0 Å². The van der Waals surface area contributed by atoms with Gasteiger partial charge in [0.15, 0.2) is 0 Å². The second-order valence-electron chi connectivity index (χ2n) is 8.81. The third-order valence-corrected chi connectivity index (χ3v) is 6.47. The van der Waals surface area contributed by atoms with Crippen LogP contribution in [0.4, 0.5) is 5.69 Å². The molecule has 0 saturated carbocycles. The summed E-state index contributed by atoms with van der Waals surface area (Å²) in [6.07, 6.45) is 2.82. The smallest absolute Gasteiger partial charge is 0.238 e. The fourth-order valence-corrected chi connectivity index (χ4v) is 4.32. The van der Waals surface area contributed by atoms with Gasteiger partial charge in [-0.2, -0.15) is 0 Å². The number of hydrogen-bond acceptors (Lipinski definition) is 4. The number of para-hydroxylation sites is 1. The van der Waals surface area contributed by atoms with Gasteiger partial charge in [0.1, 0.15) is 0 Å². The molecule has 3 N–H and O–H groups in total. The summed E-state index contributed by atoms with van der Waals surface area (Å²) in [5.41, 5.74) is 5.49. The molecule has 7 nitrogen and oxygen atoms in total. The van der Waals surface area contributed by atoms with Gasteiger partial charge in [0.2, 0.25) is 11.8 Å². The van der Waals surface area contributed by atoms with Crippen LogP contribution >= 0.6 is 0 Å². The fraction of sp³-hybridized carbons (Fsp3) is 0.385. The van der Waals surface area contributed by atoms with Crippen molar-refractivity contribution >= 4 is 28.4 Å². The first-order valence-electron chi connectivity index (χ1n) is 11.6. The van der Waals surface area contributed by atoms with Crippen LogP contribution in [0.15, 0.2) is 48.7 Å². The number of aromatic nitrogens is 1. The van der Waals surface area contributed by atoms with Crippen molar-refractivity contribution in [3.8, 4) is 0 Å². The standard InChI is InChI=1S/C26H33N5O2/c1-19-6-5-9-23(20(19)2)29-26(33)18-31-14-12-30(13-15-31)17-25(32)27-11-10-21-16-28-24-8-4-3-7-22(21)24/h3-9,16,28H,10-15,17-18H2,1-2H3,(H,27,32)(H,29,33). The molecule has 0 atom stereocenters. The van der Waals surface area contributed by atoms with Crippen LogP contribution in [0.2, 0.25) is 0 Å². The number of benzene rings is 2. The summed E-state index contributed by atoms with van der Waals surface area (Å²) < 4.78 is 0. The van der Waals surface area contributed by atoms with Crippen molar-refractivity contribution < 1.29 is 9.59 Å². The highest BCUT2D eigenvalue weighted by Gasteiger charge is 2.21. The predicted octanol–water partition coefficient (Wildman–Crippen LogP) is 2.70. The van der Waals surface area contributed by atoms with Crippen molar-refractivity contribution in [2.45, 2.75) is 20.3 Å². The number of aryl methyl sites for hydroxylation is 1. The van der Waals surface area contributed by atoms with Crippen molar-refractivity contribution in [2.75, 3.05) is 51.1 Å². The summed E-state index contributed by atoms with van der Waals surface area (Å²) in [4.78, 5) is 32.4. The van der Waals surface area contributed by atoms with Crippen LogP contribution in [-0.4, -0.2) is 72.4 Å². The van der Waals surface area contributed by atoms with E-state index < -0.39 is 0 Å². The van der Waals surface area contributed by atoms with E-state index in [0.717, 1.165) is 49.4 Å². The highest BCUT2D eigenvalue weighted by Crippen LogP contribution is 2.18. The first-order valence-corrected chi connectivity index (χ1v) is 11.6. The van der Waals surface area contributed by atoms with E-state index in [0.29, 0.717) is 19.6 Å². The van der Waals surface area contributed by atoms with Crippen molar-refractivity contribution in [3.05, 3.63) is 65.4 Å². The average molecular weight is 448 g/mol. The van der Waals surface area contributed by atoms with Gasteiger partial charge < -0.3 is 15.6 Å². The van der Waals surface area contributed by atoms with Crippen LogP contribution in [0.1, 0.15) is 16.7 Å². The summed E-state index contributed by atoms with van der Waals surface area (Å²) in [6, 6.07) is 14.2. The molecular formula is C26H33N5O2. The molecule has 0 radical (unpaired) electrons. The maximum absolute atomic E-state index is 12.5. The number of hydrogen-bond donors (Lipinski definition) is 3. The Morgan fingerprint density at radius 2 is 1.61 bits per heavy atom. The minimum Gasteiger partial charge on any atom is -0.361 e. The highest BCUT2D eigenvalue weighted by molar-refractivity contribution is 5.93. The number of aromatic amines is 1. The minimum atomic E-state index is 0.00664. The highest BCUT2D eigenvalue weighted by atomic mass is 16.2. The van der Waals surface area contributed by atoms with Gasteiger partial charge in [-0.3, -0.25) is 19.4 Å². The molecule has 0 aliphatic carbocycles. The van der Waals surface area contributed by atoms with Crippen molar-refractivity contribution in [1.82, 2.24) is 20.1 Å². The van der Waals surface area contributed by atoms with E-state index in [1.165, 1.54) is 16.5 Å². The average Bonchev–Trinajstić information content (AvgIpc) is 3.21. The van der Waals surface area contributed by atoms with E-state index in [9.17, 15) is 9.59 Å². The second-order valence-corrected chi connectivity index (χ2v) is 8.81. The Morgan fingerprint density at radius 3 is 2.36 bits per heavy atom. The molecule has 0 spiro atoms. The second kappa shape index (κ2) is 10.6. The molecule has 2 heterocycles. The van der Waals surface area contributed by atoms with Crippen LogP contribution in [0, 0.1) is 13.8 Å². The number of anilines is 1. The topological polar surface area (TPSA) is 80.5 Å². The number of nitrogens with one attached hydrogen (secondary N) is 3. The minimum absolute atomic E-state index is 0.00664. The third-order valence-electron chi connectivity index (χ3n) is 6.47. The lowest BCUT2D eigenvalue weighted by Gasteiger charge is -2.33. The van der Waals surface area contributed by atoms with E-state index >= 15 is 0 Å². The van der Waals surface area contributed by atoms with Crippen molar-refractivity contribution in [3.63, 3.8) is 0 Å². The summed E-state index contributed by atoms with van der Waals surface area (Å²) in [7, 11) is 0. The van der Waals surface area contributed by atoms with Gasteiger partial charge >= 0.3 is 0 Å². The summed E-state index contributed by atoms with van der Waals surface area (Å²) in [5.74, 6) is 0.0585. The summed E-state index contributed by atoms with van der Waals surface area (Å²) in [6.45, 7) is 8.59. The van der Waals surface area contributed by atoms with Gasteiger partial charge in [-0.15, -0.1) is 0 Å². The van der Waals surface area contributed by atoms with Gasteiger partial charge in [0, 0.05) is 55.5 Å². The van der Waals surface area contributed by atoms with Crippen molar-refractivity contribution in [1.29, 1.82) is 0 Å². The van der Waals surface area contributed by atoms with E-state index in [4.69, 9.17) is 0 Å². The zero-order valence-electron chi connectivity index (χ0n) is 19.5. The molecule has 4 rings (SSSR count). The zero-order chi connectivity index (χ0) is 23.2. The number of carbonyl (C=O) groups is 2. The van der Waals surface area contributed by atoms with Gasteiger partial charge in [-0.1, -0.05) is 30.3 Å². The molecule has 2 amide bonds. The molecule has 1 aliphatic rings. The monoisotopic (exact) mass is 447 g/mol. The number of piperazine rings is 1. The summed E-state index contributed by atoms with van der Waals surface area (Å²) in [5, 5.41) is 7.28. The first-order chi connectivity index (χ1) is 16.0. The SMILES string of the molecule is Cc1cccc(NC(=O)CN2CCN(CC(=O)NCCc3c[nH]c4ccccc34)CC2)c1C. The number of H-pyrrole nitrogens is 1. The van der Waals surface area contributed by atoms with Crippen LogP contribution in [0.5, 0.6) is 0 Å². The lowest BCUT2D eigenvalue weighted by atomic mass is 10.1. The normalized spacial score (nSPS) is 15.0. The number of nitrogens with zero attached hydrogens (tertiary/aromatic N) is 2. The predicted molar refractivity (Wildman–Crippen MR) is 132 cm³/mol. The molecule has 0 bridgehead atoms. The number of rotatable bonds is 8. The van der Waals surface area contributed by atoms with Gasteiger partial charge in [0.05, 0.1) is 13.1 Å². The van der Waals surface area contributed by atoms with Gasteiger partial charge in [-0.25, -0.2) is 0 Å². The van der Waals surface area contributed by atoms with Gasteiger partial charge in [-0.05, 0) is 49.1 Å². The van der Waals surface area contributed by atoms with Crippen LogP contribution in [-0.2, 0) is 16.0 Å². The molecule has 7 heteroatoms. The molecule has 0 unspecified atom stereocenters. The fourth-order valence-electron chi connectivity index (χ4n) is 4.32. The lowest BCUT2D eigenvalue weighted by Crippen LogP contribution is -2.51. The Hall–Kier alpha value is -3.16. The maximum Gasteiger partial charge on any atom is 0.238 e. The molecule has 1 aromatic heterocycles. The number of amides is 2. The molecule has 2 aromatic carbocycles. The van der Waals surface area contributed by atoms with Crippen LogP contribution < -0.4 is 10.6 Å². The lowest BCUT2D eigenvalue weighted by molar-refractivity contribution is -0.123.